The van der Waals surface area contributed by atoms with Crippen LogP contribution in [0.2, 0.25) is 0 Å². The molecular formula is C13H15BrFN3. The van der Waals surface area contributed by atoms with Gasteiger partial charge in [-0.2, -0.15) is 0 Å². The van der Waals surface area contributed by atoms with E-state index in [-0.39, 0.29) is 11.9 Å². The van der Waals surface area contributed by atoms with Crippen LogP contribution in [-0.4, -0.2) is 16.6 Å². The van der Waals surface area contributed by atoms with Gasteiger partial charge in [-0.15, -0.1) is 0 Å². The summed E-state index contributed by atoms with van der Waals surface area (Å²) in [5, 5.41) is 3.18. The second-order valence-electron chi connectivity index (χ2n) is 4.18. The summed E-state index contributed by atoms with van der Waals surface area (Å²) in [6.07, 6.45) is 4.19. The van der Waals surface area contributed by atoms with E-state index < -0.39 is 0 Å². The summed E-state index contributed by atoms with van der Waals surface area (Å²) in [6.45, 7) is 0. The molecule has 96 valence electrons. The van der Waals surface area contributed by atoms with E-state index in [9.17, 15) is 4.39 Å². The Morgan fingerprint density at radius 3 is 2.89 bits per heavy atom. The Bertz CT molecular complexity index is 539. The quantitative estimate of drug-likeness (QED) is 0.941. The zero-order valence-electron chi connectivity index (χ0n) is 10.3. The van der Waals surface area contributed by atoms with Gasteiger partial charge in [-0.25, -0.2) is 9.37 Å². The van der Waals surface area contributed by atoms with Gasteiger partial charge in [-0.05, 0) is 37.2 Å². The van der Waals surface area contributed by atoms with Crippen LogP contribution in [0.15, 0.2) is 35.1 Å². The number of benzene rings is 1. The second-order valence-corrected chi connectivity index (χ2v) is 5.09. The maximum atomic E-state index is 13.7. The number of imidazole rings is 1. The summed E-state index contributed by atoms with van der Waals surface area (Å²) in [4.78, 5) is 4.30. The van der Waals surface area contributed by atoms with Gasteiger partial charge in [0.1, 0.15) is 11.6 Å². The van der Waals surface area contributed by atoms with Gasteiger partial charge in [0.25, 0.3) is 0 Å². The Labute approximate surface area is 114 Å². The average molecular weight is 312 g/mol. The minimum Gasteiger partial charge on any atom is -0.337 e. The molecular weight excluding hydrogens is 297 g/mol. The molecule has 0 spiro atoms. The van der Waals surface area contributed by atoms with Gasteiger partial charge in [0.2, 0.25) is 0 Å². The van der Waals surface area contributed by atoms with Gasteiger partial charge in [0.15, 0.2) is 0 Å². The third kappa shape index (κ3) is 2.79. The normalized spacial score (nSPS) is 12.7. The lowest BCUT2D eigenvalue weighted by Crippen LogP contribution is -2.22. The van der Waals surface area contributed by atoms with Crippen molar-refractivity contribution < 1.29 is 4.39 Å². The summed E-state index contributed by atoms with van der Waals surface area (Å²) < 4.78 is 16.6. The van der Waals surface area contributed by atoms with Gasteiger partial charge < -0.3 is 9.88 Å². The molecule has 0 amide bonds. The van der Waals surface area contributed by atoms with Gasteiger partial charge in [-0.3, -0.25) is 0 Å². The molecule has 1 aromatic heterocycles. The molecule has 2 rings (SSSR count). The Kier molecular flexibility index (Phi) is 4.14. The minimum atomic E-state index is -0.187. The minimum absolute atomic E-state index is 0.00574. The van der Waals surface area contributed by atoms with E-state index in [0.29, 0.717) is 12.0 Å². The molecule has 0 aliphatic carbocycles. The molecule has 0 saturated carbocycles. The summed E-state index contributed by atoms with van der Waals surface area (Å²) in [7, 11) is 3.79. The smallest absolute Gasteiger partial charge is 0.126 e. The van der Waals surface area contributed by atoms with Gasteiger partial charge in [0.05, 0.1) is 6.04 Å². The first-order valence-corrected chi connectivity index (χ1v) is 6.49. The number of aromatic nitrogens is 2. The fraction of sp³-hybridized carbons (Fsp3) is 0.308. The molecule has 0 saturated heterocycles. The fourth-order valence-electron chi connectivity index (χ4n) is 1.96. The first kappa shape index (κ1) is 13.2. The van der Waals surface area contributed by atoms with Crippen molar-refractivity contribution >= 4 is 15.9 Å². The van der Waals surface area contributed by atoms with E-state index in [1.807, 2.05) is 30.9 Å². The van der Waals surface area contributed by atoms with E-state index in [2.05, 4.69) is 26.2 Å². The molecule has 1 unspecified atom stereocenters. The van der Waals surface area contributed by atoms with Crippen LogP contribution in [-0.2, 0) is 13.5 Å². The number of nitrogens with zero attached hydrogens (tertiary/aromatic N) is 2. The van der Waals surface area contributed by atoms with Gasteiger partial charge in [-0.1, -0.05) is 15.9 Å². The second kappa shape index (κ2) is 5.63. The van der Waals surface area contributed by atoms with Crippen molar-refractivity contribution in [1.82, 2.24) is 14.9 Å². The van der Waals surface area contributed by atoms with Crippen molar-refractivity contribution in [2.75, 3.05) is 7.05 Å². The number of nitrogens with one attached hydrogen (secondary N) is 1. The number of likely N-dealkylation sites (N-methyl/N-ethyl adjacent to an activating group) is 1. The molecule has 1 heterocycles. The Hall–Kier alpha value is -1.20. The number of rotatable bonds is 4. The maximum absolute atomic E-state index is 13.7. The standard InChI is InChI=1S/C13H15BrFN3/c1-16-12(13-17-5-6-18(13)2)8-9-7-10(14)3-4-11(9)15/h3-7,12,16H,8H2,1-2H3. The number of hydrogen-bond donors (Lipinski definition) is 1. The Morgan fingerprint density at radius 2 is 2.28 bits per heavy atom. The zero-order chi connectivity index (χ0) is 13.1. The van der Waals surface area contributed by atoms with Crippen LogP contribution in [0.25, 0.3) is 0 Å². The lowest BCUT2D eigenvalue weighted by Gasteiger charge is -2.16. The van der Waals surface area contributed by atoms with Crippen LogP contribution in [0.4, 0.5) is 4.39 Å². The number of aryl methyl sites for hydroxylation is 1. The van der Waals surface area contributed by atoms with Crippen molar-refractivity contribution in [2.45, 2.75) is 12.5 Å². The number of halogens is 2. The third-order valence-corrected chi connectivity index (χ3v) is 3.44. The predicted octanol–water partition coefficient (Wildman–Crippen LogP) is 2.82. The van der Waals surface area contributed by atoms with E-state index in [1.165, 1.54) is 6.07 Å². The van der Waals surface area contributed by atoms with Crippen LogP contribution >= 0.6 is 15.9 Å². The molecule has 0 radical (unpaired) electrons. The molecule has 1 N–H and O–H groups in total. The van der Waals surface area contributed by atoms with E-state index in [0.717, 1.165) is 10.3 Å². The molecule has 1 aromatic carbocycles. The van der Waals surface area contributed by atoms with Crippen LogP contribution in [0.5, 0.6) is 0 Å². The van der Waals surface area contributed by atoms with Crippen molar-refractivity contribution in [2.24, 2.45) is 7.05 Å². The molecule has 0 fully saturated rings. The Balaban J connectivity index is 2.26. The van der Waals surface area contributed by atoms with Crippen molar-refractivity contribution in [3.05, 3.63) is 52.3 Å². The monoisotopic (exact) mass is 311 g/mol. The lowest BCUT2D eigenvalue weighted by atomic mass is 10.0. The van der Waals surface area contributed by atoms with Crippen molar-refractivity contribution in [3.63, 3.8) is 0 Å². The molecule has 0 aliphatic rings. The van der Waals surface area contributed by atoms with Crippen LogP contribution in [0.1, 0.15) is 17.4 Å². The van der Waals surface area contributed by atoms with Crippen molar-refractivity contribution in [1.29, 1.82) is 0 Å². The molecule has 18 heavy (non-hydrogen) atoms. The zero-order valence-corrected chi connectivity index (χ0v) is 11.9. The molecule has 0 bridgehead atoms. The number of hydrogen-bond acceptors (Lipinski definition) is 2. The predicted molar refractivity (Wildman–Crippen MR) is 72.8 cm³/mol. The average Bonchev–Trinajstić information content (AvgIpc) is 2.77. The fourth-order valence-corrected chi connectivity index (χ4v) is 2.36. The highest BCUT2D eigenvalue weighted by Gasteiger charge is 2.16. The third-order valence-electron chi connectivity index (χ3n) is 2.95. The van der Waals surface area contributed by atoms with E-state index in [1.54, 1.807) is 12.3 Å². The molecule has 3 nitrogen and oxygen atoms in total. The highest BCUT2D eigenvalue weighted by atomic mass is 79.9. The first-order chi connectivity index (χ1) is 8.61. The Morgan fingerprint density at radius 1 is 1.50 bits per heavy atom. The molecule has 1 atom stereocenters. The van der Waals surface area contributed by atoms with Crippen LogP contribution < -0.4 is 5.32 Å². The highest BCUT2D eigenvalue weighted by Crippen LogP contribution is 2.21. The maximum Gasteiger partial charge on any atom is 0.126 e. The van der Waals surface area contributed by atoms with E-state index in [4.69, 9.17) is 0 Å². The summed E-state index contributed by atoms with van der Waals surface area (Å²) in [5.41, 5.74) is 0.673. The highest BCUT2D eigenvalue weighted by molar-refractivity contribution is 9.10. The summed E-state index contributed by atoms with van der Waals surface area (Å²) in [5.74, 6) is 0.713. The molecule has 0 aliphatic heterocycles. The summed E-state index contributed by atoms with van der Waals surface area (Å²) in [6, 6.07) is 4.98. The van der Waals surface area contributed by atoms with Crippen LogP contribution in [0.3, 0.4) is 0 Å². The SMILES string of the molecule is CNC(Cc1cc(Br)ccc1F)c1nccn1C. The van der Waals surface area contributed by atoms with Crippen molar-refractivity contribution in [3.8, 4) is 0 Å². The largest absolute Gasteiger partial charge is 0.337 e. The first-order valence-electron chi connectivity index (χ1n) is 5.70. The molecule has 5 heteroatoms. The van der Waals surface area contributed by atoms with Gasteiger partial charge >= 0.3 is 0 Å². The summed E-state index contributed by atoms with van der Waals surface area (Å²) >= 11 is 3.36. The van der Waals surface area contributed by atoms with E-state index >= 15 is 0 Å². The van der Waals surface area contributed by atoms with Crippen LogP contribution in [0, 0.1) is 5.82 Å². The molecule has 2 aromatic rings. The van der Waals surface area contributed by atoms with Gasteiger partial charge in [0, 0.05) is 23.9 Å². The topological polar surface area (TPSA) is 29.9 Å². The lowest BCUT2D eigenvalue weighted by molar-refractivity contribution is 0.519.